The molecule has 0 heterocycles. The lowest BCUT2D eigenvalue weighted by molar-refractivity contribution is -0.384. The number of carbonyl (C=O) groups is 2. The fourth-order valence-corrected chi connectivity index (χ4v) is 3.29. The smallest absolute Gasteiger partial charge is 0.269 e. The maximum Gasteiger partial charge on any atom is 0.269 e. The normalized spacial score (nSPS) is 11.1. The van der Waals surface area contributed by atoms with Crippen LogP contribution in [-0.4, -0.2) is 35.1 Å². The average Bonchev–Trinajstić information content (AvgIpc) is 2.72. The van der Waals surface area contributed by atoms with Gasteiger partial charge in [-0.15, -0.1) is 0 Å². The predicted octanol–water partition coefficient (Wildman–Crippen LogP) is 2.27. The topological polar surface area (TPSA) is 125 Å². The van der Waals surface area contributed by atoms with Crippen molar-refractivity contribution in [3.8, 4) is 6.07 Å². The van der Waals surface area contributed by atoms with E-state index in [-0.39, 0.29) is 23.9 Å². The summed E-state index contributed by atoms with van der Waals surface area (Å²) in [5.74, 6) is -0.0238. The number of hydrogen-bond acceptors (Lipinski definition) is 6. The van der Waals surface area contributed by atoms with Crippen molar-refractivity contribution in [3.05, 3.63) is 75.8 Å². The second-order valence-corrected chi connectivity index (χ2v) is 6.74. The Kier molecular flexibility index (Phi) is 7.99. The summed E-state index contributed by atoms with van der Waals surface area (Å²) in [7, 11) is 0. The van der Waals surface area contributed by atoms with Crippen LogP contribution in [0.25, 0.3) is 0 Å². The zero-order chi connectivity index (χ0) is 20.4. The summed E-state index contributed by atoms with van der Waals surface area (Å²) < 4.78 is 0. The van der Waals surface area contributed by atoms with Gasteiger partial charge in [-0.25, -0.2) is 0 Å². The van der Waals surface area contributed by atoms with Crippen LogP contribution in [0.15, 0.2) is 54.6 Å². The van der Waals surface area contributed by atoms with Crippen LogP contribution in [0.2, 0.25) is 0 Å². The summed E-state index contributed by atoms with van der Waals surface area (Å²) in [4.78, 5) is 34.8. The molecule has 0 saturated carbocycles. The third kappa shape index (κ3) is 6.41. The molecule has 28 heavy (non-hydrogen) atoms. The zero-order valence-corrected chi connectivity index (χ0v) is 15.6. The molecule has 1 unspecified atom stereocenters. The van der Waals surface area contributed by atoms with E-state index < -0.39 is 16.9 Å². The lowest BCUT2D eigenvalue weighted by Gasteiger charge is -2.17. The molecule has 0 aromatic heterocycles. The van der Waals surface area contributed by atoms with E-state index in [1.807, 2.05) is 6.07 Å². The van der Waals surface area contributed by atoms with Crippen LogP contribution in [0.3, 0.4) is 0 Å². The molecule has 2 rings (SSSR count). The van der Waals surface area contributed by atoms with Crippen molar-refractivity contribution in [2.75, 3.05) is 12.3 Å². The van der Waals surface area contributed by atoms with Gasteiger partial charge >= 0.3 is 0 Å². The molecule has 0 aliphatic heterocycles. The molecule has 144 valence electrons. The van der Waals surface area contributed by atoms with E-state index in [1.54, 1.807) is 42.5 Å². The number of hydrogen-bond donors (Lipinski definition) is 2. The van der Waals surface area contributed by atoms with Gasteiger partial charge in [-0.2, -0.15) is 17.0 Å². The van der Waals surface area contributed by atoms with Crippen LogP contribution < -0.4 is 10.6 Å². The zero-order valence-electron chi connectivity index (χ0n) is 14.8. The highest BCUT2D eigenvalue weighted by molar-refractivity contribution is 7.98. The summed E-state index contributed by atoms with van der Waals surface area (Å²) >= 11 is 1.40. The Morgan fingerprint density at radius 3 is 2.43 bits per heavy atom. The molecule has 9 heteroatoms. The van der Waals surface area contributed by atoms with Crippen LogP contribution in [0.4, 0.5) is 5.69 Å². The third-order valence-electron chi connectivity index (χ3n) is 3.70. The Hall–Kier alpha value is -3.38. The molecule has 0 fully saturated rings. The van der Waals surface area contributed by atoms with Crippen molar-refractivity contribution in [2.24, 2.45) is 0 Å². The fraction of sp³-hybridized carbons (Fsp3) is 0.211. The second kappa shape index (κ2) is 10.7. The summed E-state index contributed by atoms with van der Waals surface area (Å²) in [6, 6.07) is 15.7. The Morgan fingerprint density at radius 1 is 1.14 bits per heavy atom. The number of rotatable bonds is 9. The Balaban J connectivity index is 1.97. The average molecular weight is 398 g/mol. The number of thioether (sulfide) groups is 1. The first-order chi connectivity index (χ1) is 13.5. The maximum atomic E-state index is 12.3. The molecule has 0 saturated heterocycles. The van der Waals surface area contributed by atoms with E-state index in [4.69, 9.17) is 5.26 Å². The lowest BCUT2D eigenvalue weighted by Crippen LogP contribution is -2.48. The number of nitrogens with zero attached hydrogens (tertiary/aromatic N) is 2. The van der Waals surface area contributed by atoms with E-state index >= 15 is 0 Å². The molecule has 0 bridgehead atoms. The molecule has 2 amide bonds. The molecular formula is C19H18N4O4S. The first-order valence-electron chi connectivity index (χ1n) is 8.33. The molecule has 2 aromatic carbocycles. The molecule has 0 spiro atoms. The van der Waals surface area contributed by atoms with Crippen LogP contribution in [0.5, 0.6) is 0 Å². The largest absolute Gasteiger partial charge is 0.341 e. The van der Waals surface area contributed by atoms with Crippen molar-refractivity contribution in [1.29, 1.82) is 5.26 Å². The first-order valence-corrected chi connectivity index (χ1v) is 9.48. The predicted molar refractivity (Wildman–Crippen MR) is 106 cm³/mol. The Labute approximate surface area is 166 Å². The van der Waals surface area contributed by atoms with Crippen molar-refractivity contribution in [2.45, 2.75) is 11.8 Å². The van der Waals surface area contributed by atoms with Gasteiger partial charge in [-0.3, -0.25) is 19.7 Å². The number of benzene rings is 2. The molecule has 0 radical (unpaired) electrons. The second-order valence-electron chi connectivity index (χ2n) is 5.71. The van der Waals surface area contributed by atoms with Crippen LogP contribution in [-0.2, 0) is 10.5 Å². The molecule has 0 aliphatic rings. The highest BCUT2D eigenvalue weighted by Gasteiger charge is 2.21. The SMILES string of the molecule is N#CCNC(=O)C(CSCc1ccc([N+](=O)[O-])cc1)NC(=O)c1ccccc1. The van der Waals surface area contributed by atoms with Gasteiger partial charge < -0.3 is 10.6 Å². The van der Waals surface area contributed by atoms with E-state index in [9.17, 15) is 19.7 Å². The van der Waals surface area contributed by atoms with E-state index in [0.717, 1.165) is 5.56 Å². The number of nitriles is 1. The highest BCUT2D eigenvalue weighted by Crippen LogP contribution is 2.17. The van der Waals surface area contributed by atoms with Crippen molar-refractivity contribution in [3.63, 3.8) is 0 Å². The minimum atomic E-state index is -0.816. The van der Waals surface area contributed by atoms with Gasteiger partial charge in [0.15, 0.2) is 0 Å². The van der Waals surface area contributed by atoms with Gasteiger partial charge in [0.05, 0.1) is 11.0 Å². The van der Waals surface area contributed by atoms with Gasteiger partial charge in [0, 0.05) is 29.2 Å². The van der Waals surface area contributed by atoms with Crippen LogP contribution >= 0.6 is 11.8 Å². The van der Waals surface area contributed by atoms with Gasteiger partial charge in [-0.05, 0) is 17.7 Å². The van der Waals surface area contributed by atoms with E-state index in [0.29, 0.717) is 11.3 Å². The van der Waals surface area contributed by atoms with Crippen molar-refractivity contribution >= 4 is 29.3 Å². The number of non-ortho nitro benzene ring substituents is 1. The van der Waals surface area contributed by atoms with Crippen molar-refractivity contribution < 1.29 is 14.5 Å². The van der Waals surface area contributed by atoms with Gasteiger partial charge in [0.1, 0.15) is 12.6 Å². The number of nitro groups is 1. The summed E-state index contributed by atoms with van der Waals surface area (Å²) in [5.41, 5.74) is 1.31. The van der Waals surface area contributed by atoms with E-state index in [1.165, 1.54) is 23.9 Å². The van der Waals surface area contributed by atoms with Crippen LogP contribution in [0, 0.1) is 21.4 Å². The quantitative estimate of drug-likeness (QED) is 0.379. The van der Waals surface area contributed by atoms with E-state index in [2.05, 4.69) is 10.6 Å². The molecular weight excluding hydrogens is 380 g/mol. The van der Waals surface area contributed by atoms with Crippen molar-refractivity contribution in [1.82, 2.24) is 10.6 Å². The number of nitro benzene ring substituents is 1. The standard InChI is InChI=1S/C19H18N4O4S/c20-10-11-21-19(25)17(22-18(24)15-4-2-1-3-5-15)13-28-12-14-6-8-16(9-7-14)23(26)27/h1-9,17H,11-13H2,(H,21,25)(H,22,24). The lowest BCUT2D eigenvalue weighted by atomic mass is 10.2. The van der Waals surface area contributed by atoms with Gasteiger partial charge in [0.25, 0.3) is 11.6 Å². The fourth-order valence-electron chi connectivity index (χ4n) is 2.27. The molecule has 0 aliphatic carbocycles. The number of nitrogens with one attached hydrogen (secondary N) is 2. The van der Waals surface area contributed by atoms with Gasteiger partial charge in [-0.1, -0.05) is 30.3 Å². The van der Waals surface area contributed by atoms with Gasteiger partial charge in [0.2, 0.25) is 5.91 Å². The monoisotopic (exact) mass is 398 g/mol. The Bertz CT molecular complexity index is 866. The molecule has 2 N–H and O–H groups in total. The number of carbonyl (C=O) groups excluding carboxylic acids is 2. The highest BCUT2D eigenvalue weighted by atomic mass is 32.2. The summed E-state index contributed by atoms with van der Waals surface area (Å²) in [6.07, 6.45) is 0. The summed E-state index contributed by atoms with van der Waals surface area (Å²) in [6.45, 7) is -0.149. The minimum absolute atomic E-state index is 0.0117. The summed E-state index contributed by atoms with van der Waals surface area (Å²) in [5, 5.41) is 24.5. The number of amides is 2. The molecule has 8 nitrogen and oxygen atoms in total. The molecule has 2 aromatic rings. The third-order valence-corrected chi connectivity index (χ3v) is 4.81. The minimum Gasteiger partial charge on any atom is -0.341 e. The maximum absolute atomic E-state index is 12.3. The van der Waals surface area contributed by atoms with Crippen LogP contribution in [0.1, 0.15) is 15.9 Å². The molecule has 1 atom stereocenters. The Morgan fingerprint density at radius 2 is 1.82 bits per heavy atom. The first kappa shape index (κ1) is 20.9.